The van der Waals surface area contributed by atoms with Gasteiger partial charge in [-0.3, -0.25) is 9.89 Å². The Morgan fingerprint density at radius 2 is 2.00 bits per heavy atom. The van der Waals surface area contributed by atoms with Gasteiger partial charge in [0.15, 0.2) is 0 Å². The van der Waals surface area contributed by atoms with Crippen LogP contribution in [-0.2, 0) is 0 Å². The molecule has 1 aliphatic rings. The van der Waals surface area contributed by atoms with Crippen LogP contribution in [-0.4, -0.2) is 47.2 Å². The molecular weight excluding hydrogens is 283 g/mol. The monoisotopic (exact) mass is 302 g/mol. The molecule has 1 fully saturated rings. The number of benzene rings is 1. The topological polar surface area (TPSA) is 61.0 Å². The van der Waals surface area contributed by atoms with E-state index in [2.05, 4.69) is 27.5 Å². The van der Waals surface area contributed by atoms with Crippen molar-refractivity contribution in [1.82, 2.24) is 20.4 Å². The van der Waals surface area contributed by atoms with Crippen molar-refractivity contribution in [2.24, 2.45) is 0 Å². The van der Waals surface area contributed by atoms with Crippen LogP contribution in [0.25, 0.3) is 11.3 Å². The molecule has 0 radical (unpaired) electrons. The Kier molecular flexibility index (Phi) is 4.20. The Bertz CT molecular complexity index is 644. The van der Waals surface area contributed by atoms with E-state index in [4.69, 9.17) is 0 Å². The Morgan fingerprint density at radius 1 is 1.32 bits per heavy atom. The van der Waals surface area contributed by atoms with Crippen molar-refractivity contribution >= 4 is 5.91 Å². The third kappa shape index (κ3) is 3.33. The fourth-order valence-electron chi connectivity index (χ4n) is 2.62. The zero-order valence-corrected chi connectivity index (χ0v) is 12.5. The third-order valence-corrected chi connectivity index (χ3v) is 4.02. The van der Waals surface area contributed by atoms with E-state index < -0.39 is 0 Å². The van der Waals surface area contributed by atoms with Crippen LogP contribution in [0.1, 0.15) is 23.3 Å². The van der Waals surface area contributed by atoms with E-state index in [1.807, 2.05) is 0 Å². The summed E-state index contributed by atoms with van der Waals surface area (Å²) in [7, 11) is 2.09. The van der Waals surface area contributed by atoms with E-state index in [1.54, 1.807) is 18.2 Å². The van der Waals surface area contributed by atoms with Gasteiger partial charge >= 0.3 is 0 Å². The van der Waals surface area contributed by atoms with Crippen LogP contribution in [0.4, 0.5) is 4.39 Å². The van der Waals surface area contributed by atoms with Gasteiger partial charge in [-0.1, -0.05) is 0 Å². The van der Waals surface area contributed by atoms with E-state index in [0.717, 1.165) is 31.5 Å². The second-order valence-electron chi connectivity index (χ2n) is 5.72. The minimum atomic E-state index is -0.292. The fourth-order valence-corrected chi connectivity index (χ4v) is 2.62. The number of aromatic nitrogens is 2. The number of amides is 1. The minimum Gasteiger partial charge on any atom is -0.348 e. The molecule has 6 heteroatoms. The normalized spacial score (nSPS) is 16.6. The molecule has 0 saturated carbocycles. The summed E-state index contributed by atoms with van der Waals surface area (Å²) in [6, 6.07) is 7.94. The van der Waals surface area contributed by atoms with Crippen molar-refractivity contribution in [1.29, 1.82) is 0 Å². The summed E-state index contributed by atoms with van der Waals surface area (Å²) < 4.78 is 12.9. The number of aromatic amines is 1. The van der Waals surface area contributed by atoms with Gasteiger partial charge in [0.05, 0.1) is 5.69 Å². The maximum atomic E-state index is 12.9. The van der Waals surface area contributed by atoms with Gasteiger partial charge < -0.3 is 10.2 Å². The number of carbonyl (C=O) groups excluding carboxylic acids is 1. The highest BCUT2D eigenvalue weighted by molar-refractivity contribution is 5.93. The lowest BCUT2D eigenvalue weighted by Gasteiger charge is -2.29. The number of carbonyl (C=O) groups is 1. The lowest BCUT2D eigenvalue weighted by Crippen LogP contribution is -2.43. The van der Waals surface area contributed by atoms with Crippen LogP contribution in [0.2, 0.25) is 0 Å². The van der Waals surface area contributed by atoms with E-state index in [0.29, 0.717) is 11.4 Å². The smallest absolute Gasteiger partial charge is 0.269 e. The first kappa shape index (κ1) is 14.7. The number of hydrogen-bond donors (Lipinski definition) is 2. The van der Waals surface area contributed by atoms with Crippen LogP contribution in [0, 0.1) is 5.82 Å². The first-order chi connectivity index (χ1) is 10.6. The predicted molar refractivity (Wildman–Crippen MR) is 82.0 cm³/mol. The quantitative estimate of drug-likeness (QED) is 0.912. The predicted octanol–water partition coefficient (Wildman–Crippen LogP) is 2.04. The lowest BCUT2D eigenvalue weighted by molar-refractivity contribution is 0.0912. The van der Waals surface area contributed by atoms with Crippen molar-refractivity contribution in [3.63, 3.8) is 0 Å². The van der Waals surface area contributed by atoms with Gasteiger partial charge in [0, 0.05) is 11.6 Å². The van der Waals surface area contributed by atoms with Gasteiger partial charge in [0.1, 0.15) is 11.5 Å². The van der Waals surface area contributed by atoms with Gasteiger partial charge in [-0.2, -0.15) is 5.10 Å². The Hall–Kier alpha value is -2.21. The van der Waals surface area contributed by atoms with Gasteiger partial charge in [-0.15, -0.1) is 0 Å². The summed E-state index contributed by atoms with van der Waals surface area (Å²) in [5.74, 6) is -0.435. The van der Waals surface area contributed by atoms with Gasteiger partial charge in [-0.05, 0) is 63.3 Å². The number of rotatable bonds is 3. The molecule has 0 unspecified atom stereocenters. The summed E-state index contributed by atoms with van der Waals surface area (Å²) in [6.07, 6.45) is 1.92. The molecule has 5 nitrogen and oxygen atoms in total. The Morgan fingerprint density at radius 3 is 2.68 bits per heavy atom. The highest BCUT2D eigenvalue weighted by Crippen LogP contribution is 2.18. The maximum absolute atomic E-state index is 12.9. The lowest BCUT2D eigenvalue weighted by atomic mass is 10.1. The summed E-state index contributed by atoms with van der Waals surface area (Å²) in [4.78, 5) is 14.5. The number of H-pyrrole nitrogens is 1. The molecule has 1 aliphatic heterocycles. The van der Waals surface area contributed by atoms with Gasteiger partial charge in [-0.25, -0.2) is 4.39 Å². The fraction of sp³-hybridized carbons (Fsp3) is 0.375. The standard InChI is InChI=1S/C16H19FN4O/c1-21-8-6-13(7-9-21)18-16(22)15-10-14(19-20-15)11-2-4-12(17)5-3-11/h2-5,10,13H,6-9H2,1H3,(H,18,22)(H,19,20). The van der Waals surface area contributed by atoms with Crippen molar-refractivity contribution in [2.75, 3.05) is 20.1 Å². The largest absolute Gasteiger partial charge is 0.348 e. The van der Waals surface area contributed by atoms with Crippen LogP contribution in [0.3, 0.4) is 0 Å². The zero-order chi connectivity index (χ0) is 15.5. The molecule has 2 heterocycles. The van der Waals surface area contributed by atoms with Crippen LogP contribution in [0.5, 0.6) is 0 Å². The molecule has 116 valence electrons. The highest BCUT2D eigenvalue weighted by Gasteiger charge is 2.20. The molecule has 1 saturated heterocycles. The Labute approximate surface area is 128 Å². The second-order valence-corrected chi connectivity index (χ2v) is 5.72. The first-order valence-electron chi connectivity index (χ1n) is 7.42. The van der Waals surface area contributed by atoms with Crippen LogP contribution >= 0.6 is 0 Å². The molecule has 22 heavy (non-hydrogen) atoms. The molecule has 2 aromatic rings. The number of hydrogen-bond acceptors (Lipinski definition) is 3. The van der Waals surface area contributed by atoms with E-state index >= 15 is 0 Å². The molecule has 0 bridgehead atoms. The highest BCUT2D eigenvalue weighted by atomic mass is 19.1. The minimum absolute atomic E-state index is 0.143. The van der Waals surface area contributed by atoms with Crippen LogP contribution in [0.15, 0.2) is 30.3 Å². The Balaban J connectivity index is 1.65. The molecule has 1 amide bonds. The van der Waals surface area contributed by atoms with Gasteiger partial charge in [0.25, 0.3) is 5.91 Å². The SMILES string of the molecule is CN1CCC(NC(=O)c2cc(-c3ccc(F)cc3)n[nH]2)CC1. The number of nitrogens with zero attached hydrogens (tertiary/aromatic N) is 2. The molecule has 2 N–H and O–H groups in total. The summed E-state index contributed by atoms with van der Waals surface area (Å²) in [6.45, 7) is 1.99. The average Bonchev–Trinajstić information content (AvgIpc) is 3.00. The second kappa shape index (κ2) is 6.27. The summed E-state index contributed by atoms with van der Waals surface area (Å²) >= 11 is 0. The summed E-state index contributed by atoms with van der Waals surface area (Å²) in [5, 5.41) is 9.91. The van der Waals surface area contributed by atoms with Crippen molar-refractivity contribution in [2.45, 2.75) is 18.9 Å². The maximum Gasteiger partial charge on any atom is 0.269 e. The molecular formula is C16H19FN4O. The molecule has 1 aromatic carbocycles. The molecule has 1 aromatic heterocycles. The first-order valence-corrected chi connectivity index (χ1v) is 7.42. The van der Waals surface area contributed by atoms with Crippen molar-refractivity contribution < 1.29 is 9.18 Å². The zero-order valence-electron chi connectivity index (χ0n) is 12.5. The number of piperidine rings is 1. The van der Waals surface area contributed by atoms with Crippen molar-refractivity contribution in [3.8, 4) is 11.3 Å². The third-order valence-electron chi connectivity index (χ3n) is 4.02. The number of halogens is 1. The van der Waals surface area contributed by atoms with Crippen molar-refractivity contribution in [3.05, 3.63) is 41.8 Å². The summed E-state index contributed by atoms with van der Waals surface area (Å²) in [5.41, 5.74) is 1.84. The van der Waals surface area contributed by atoms with E-state index in [1.165, 1.54) is 12.1 Å². The number of nitrogens with one attached hydrogen (secondary N) is 2. The van der Waals surface area contributed by atoms with Crippen LogP contribution < -0.4 is 5.32 Å². The number of likely N-dealkylation sites (tertiary alicyclic amines) is 1. The molecule has 0 spiro atoms. The molecule has 0 aliphatic carbocycles. The van der Waals surface area contributed by atoms with Gasteiger partial charge in [0.2, 0.25) is 0 Å². The average molecular weight is 302 g/mol. The molecule has 0 atom stereocenters. The van der Waals surface area contributed by atoms with E-state index in [9.17, 15) is 9.18 Å². The van der Waals surface area contributed by atoms with E-state index in [-0.39, 0.29) is 17.8 Å². The molecule has 3 rings (SSSR count).